The number of aromatic nitrogens is 2. The van der Waals surface area contributed by atoms with E-state index in [2.05, 4.69) is 10.4 Å². The van der Waals surface area contributed by atoms with Crippen LogP contribution < -0.4 is 19.5 Å². The zero-order valence-electron chi connectivity index (χ0n) is 16.0. The first-order valence-corrected chi connectivity index (χ1v) is 8.49. The molecule has 0 spiro atoms. The number of hydrogen-bond donors (Lipinski definition) is 1. The van der Waals surface area contributed by atoms with E-state index in [9.17, 15) is 4.79 Å². The number of benzene rings is 1. The van der Waals surface area contributed by atoms with Gasteiger partial charge in [-0.05, 0) is 26.8 Å². The van der Waals surface area contributed by atoms with Crippen LogP contribution in [-0.4, -0.2) is 37.0 Å². The van der Waals surface area contributed by atoms with Crippen LogP contribution in [-0.2, 0) is 10.3 Å². The molecule has 0 saturated carbocycles. The van der Waals surface area contributed by atoms with Crippen molar-refractivity contribution < 1.29 is 19.0 Å². The zero-order chi connectivity index (χ0) is 19.1. The van der Waals surface area contributed by atoms with Gasteiger partial charge < -0.3 is 19.5 Å². The largest absolute Gasteiger partial charge is 0.493 e. The Labute approximate surface area is 153 Å². The second-order valence-electron chi connectivity index (χ2n) is 7.26. The number of nitrogens with zero attached hydrogens (tertiary/aromatic N) is 2. The van der Waals surface area contributed by atoms with E-state index in [0.717, 1.165) is 16.9 Å². The fourth-order valence-corrected chi connectivity index (χ4v) is 3.40. The first-order chi connectivity index (χ1) is 12.3. The smallest absolute Gasteiger partial charge is 0.226 e. The summed E-state index contributed by atoms with van der Waals surface area (Å²) in [5, 5.41) is 7.48. The van der Waals surface area contributed by atoms with Gasteiger partial charge in [0.05, 0.1) is 33.1 Å². The van der Waals surface area contributed by atoms with E-state index in [1.165, 1.54) is 0 Å². The average Bonchev–Trinajstić information content (AvgIpc) is 3.03. The van der Waals surface area contributed by atoms with Gasteiger partial charge in [-0.25, -0.2) is 4.68 Å². The van der Waals surface area contributed by atoms with Gasteiger partial charge in [-0.1, -0.05) is 6.07 Å². The Kier molecular flexibility index (Phi) is 4.56. The maximum absolute atomic E-state index is 12.4. The molecule has 0 saturated heterocycles. The van der Waals surface area contributed by atoms with Crippen molar-refractivity contribution in [2.24, 2.45) is 0 Å². The van der Waals surface area contributed by atoms with Gasteiger partial charge in [0, 0.05) is 23.5 Å². The van der Waals surface area contributed by atoms with Crippen LogP contribution in [0.5, 0.6) is 17.2 Å². The number of carbonyl (C=O) groups is 1. The van der Waals surface area contributed by atoms with Crippen molar-refractivity contribution in [1.29, 1.82) is 0 Å². The number of nitrogens with one attached hydrogen (secondary N) is 1. The van der Waals surface area contributed by atoms with Crippen molar-refractivity contribution in [3.63, 3.8) is 0 Å². The van der Waals surface area contributed by atoms with Crippen LogP contribution in [0, 0.1) is 0 Å². The molecular formula is C19H25N3O4. The third-order valence-corrected chi connectivity index (χ3v) is 4.57. The van der Waals surface area contributed by atoms with E-state index in [0.29, 0.717) is 23.7 Å². The standard InChI is InChI=1S/C19H25N3O4/c1-19(2,3)22-18-13(10-20-22)12(9-15(23)21-18)11-7-8-14(24-4)17(26-6)16(11)25-5/h7-8,10,12H,9H2,1-6H3,(H,21,23)/t12-/m1/s1. The number of methoxy groups -OCH3 is 3. The molecule has 2 aromatic rings. The molecule has 140 valence electrons. The highest BCUT2D eigenvalue weighted by Gasteiger charge is 2.35. The van der Waals surface area contributed by atoms with Crippen molar-refractivity contribution >= 4 is 11.7 Å². The first kappa shape index (κ1) is 18.1. The summed E-state index contributed by atoms with van der Waals surface area (Å²) in [5.41, 5.74) is 1.59. The van der Waals surface area contributed by atoms with E-state index >= 15 is 0 Å². The topological polar surface area (TPSA) is 74.6 Å². The molecule has 7 nitrogen and oxygen atoms in total. The molecule has 2 heterocycles. The Hall–Kier alpha value is -2.70. The van der Waals surface area contributed by atoms with Crippen molar-refractivity contribution in [2.45, 2.75) is 38.6 Å². The van der Waals surface area contributed by atoms with Crippen LogP contribution in [0.25, 0.3) is 0 Å². The predicted octanol–water partition coefficient (Wildman–Crippen LogP) is 3.14. The molecule has 26 heavy (non-hydrogen) atoms. The minimum Gasteiger partial charge on any atom is -0.493 e. The minimum atomic E-state index is -0.246. The minimum absolute atomic E-state index is 0.0506. The lowest BCUT2D eigenvalue weighted by molar-refractivity contribution is -0.116. The zero-order valence-corrected chi connectivity index (χ0v) is 16.0. The maximum atomic E-state index is 12.4. The van der Waals surface area contributed by atoms with Crippen LogP contribution in [0.1, 0.15) is 44.2 Å². The van der Waals surface area contributed by atoms with Crippen LogP contribution in [0.15, 0.2) is 18.3 Å². The van der Waals surface area contributed by atoms with E-state index in [4.69, 9.17) is 14.2 Å². The summed E-state index contributed by atoms with van der Waals surface area (Å²) in [6.45, 7) is 6.15. The fraction of sp³-hybridized carbons (Fsp3) is 0.474. The van der Waals surface area contributed by atoms with Crippen molar-refractivity contribution in [1.82, 2.24) is 9.78 Å². The monoisotopic (exact) mass is 359 g/mol. The third-order valence-electron chi connectivity index (χ3n) is 4.57. The first-order valence-electron chi connectivity index (χ1n) is 8.49. The molecule has 1 aromatic heterocycles. The number of fused-ring (bicyclic) bond motifs is 1. The molecule has 1 aliphatic rings. The molecule has 0 radical (unpaired) electrons. The quantitative estimate of drug-likeness (QED) is 0.908. The molecule has 1 aliphatic heterocycles. The summed E-state index contributed by atoms with van der Waals surface area (Å²) in [6.07, 6.45) is 2.13. The molecule has 7 heteroatoms. The molecule has 3 rings (SSSR count). The highest BCUT2D eigenvalue weighted by atomic mass is 16.5. The van der Waals surface area contributed by atoms with Gasteiger partial charge in [-0.15, -0.1) is 0 Å². The predicted molar refractivity (Wildman–Crippen MR) is 98.4 cm³/mol. The van der Waals surface area contributed by atoms with Crippen LogP contribution >= 0.6 is 0 Å². The number of carbonyl (C=O) groups excluding carboxylic acids is 1. The fourth-order valence-electron chi connectivity index (χ4n) is 3.40. The van der Waals surface area contributed by atoms with E-state index in [-0.39, 0.29) is 17.4 Å². The van der Waals surface area contributed by atoms with Crippen molar-refractivity contribution in [2.75, 3.05) is 26.6 Å². The lowest BCUT2D eigenvalue weighted by atomic mass is 9.86. The number of amides is 1. The Balaban J connectivity index is 2.18. The maximum Gasteiger partial charge on any atom is 0.226 e. The molecular weight excluding hydrogens is 334 g/mol. The van der Waals surface area contributed by atoms with E-state index in [1.807, 2.05) is 43.8 Å². The third kappa shape index (κ3) is 2.87. The molecule has 1 amide bonds. The Morgan fingerprint density at radius 1 is 1.08 bits per heavy atom. The molecule has 1 aromatic carbocycles. The Morgan fingerprint density at radius 3 is 2.35 bits per heavy atom. The van der Waals surface area contributed by atoms with Crippen LogP contribution in [0.2, 0.25) is 0 Å². The Bertz CT molecular complexity index is 836. The number of hydrogen-bond acceptors (Lipinski definition) is 5. The Morgan fingerprint density at radius 2 is 1.77 bits per heavy atom. The number of rotatable bonds is 4. The van der Waals surface area contributed by atoms with Gasteiger partial charge in [0.2, 0.25) is 11.7 Å². The molecule has 0 bridgehead atoms. The van der Waals surface area contributed by atoms with Crippen molar-refractivity contribution in [3.8, 4) is 17.2 Å². The summed E-state index contributed by atoms with van der Waals surface area (Å²) < 4.78 is 18.3. The summed E-state index contributed by atoms with van der Waals surface area (Å²) in [5.74, 6) is 2.17. The molecule has 0 fully saturated rings. The molecule has 0 unspecified atom stereocenters. The highest BCUT2D eigenvalue weighted by molar-refractivity contribution is 5.94. The molecule has 0 aliphatic carbocycles. The lowest BCUT2D eigenvalue weighted by Gasteiger charge is -2.29. The number of anilines is 1. The summed E-state index contributed by atoms with van der Waals surface area (Å²) in [4.78, 5) is 12.4. The molecule has 1 N–H and O–H groups in total. The van der Waals surface area contributed by atoms with Gasteiger partial charge >= 0.3 is 0 Å². The van der Waals surface area contributed by atoms with Crippen LogP contribution in [0.3, 0.4) is 0 Å². The van der Waals surface area contributed by atoms with Crippen molar-refractivity contribution in [3.05, 3.63) is 29.5 Å². The second kappa shape index (κ2) is 6.55. The second-order valence-corrected chi connectivity index (χ2v) is 7.26. The summed E-state index contributed by atoms with van der Waals surface area (Å²) >= 11 is 0. The van der Waals surface area contributed by atoms with E-state index < -0.39 is 0 Å². The molecule has 1 atom stereocenters. The average molecular weight is 359 g/mol. The van der Waals surface area contributed by atoms with Crippen LogP contribution in [0.4, 0.5) is 5.82 Å². The highest BCUT2D eigenvalue weighted by Crippen LogP contribution is 2.47. The van der Waals surface area contributed by atoms with Gasteiger partial charge in [0.15, 0.2) is 11.5 Å². The lowest BCUT2D eigenvalue weighted by Crippen LogP contribution is -2.30. The van der Waals surface area contributed by atoms with E-state index in [1.54, 1.807) is 21.3 Å². The summed E-state index contributed by atoms with van der Waals surface area (Å²) in [7, 11) is 4.74. The van der Waals surface area contributed by atoms with Gasteiger partial charge in [0.1, 0.15) is 5.82 Å². The van der Waals surface area contributed by atoms with Gasteiger partial charge in [0.25, 0.3) is 0 Å². The SMILES string of the molecule is COc1ccc([C@H]2CC(=O)Nc3c2cnn3C(C)(C)C)c(OC)c1OC. The van der Waals surface area contributed by atoms with Gasteiger partial charge in [-0.2, -0.15) is 5.10 Å². The normalized spacial score (nSPS) is 16.7. The summed E-state index contributed by atoms with van der Waals surface area (Å²) in [6, 6.07) is 3.75. The van der Waals surface area contributed by atoms with Gasteiger partial charge in [-0.3, -0.25) is 4.79 Å². The number of ether oxygens (including phenoxy) is 3.